The van der Waals surface area contributed by atoms with Gasteiger partial charge in [0.05, 0.1) is 29.3 Å². The van der Waals surface area contributed by atoms with E-state index in [4.69, 9.17) is 0 Å². The summed E-state index contributed by atoms with van der Waals surface area (Å²) < 4.78 is 0. The maximum Gasteiger partial charge on any atom is 0.226 e. The standard InChI is InChI=1S/C18H22N2O2S/c1-18(2,3)17-19-12(10-23-17)9-15(22)20-16-13-7-5-4-6-11(13)8-14(16)21/h4-7,10,14,16,21H,8-9H2,1-3H3,(H,20,22). The van der Waals surface area contributed by atoms with E-state index in [2.05, 4.69) is 31.1 Å². The second kappa shape index (κ2) is 6.06. The number of nitrogens with zero attached hydrogens (tertiary/aromatic N) is 1. The molecule has 3 rings (SSSR count). The molecule has 0 aliphatic heterocycles. The van der Waals surface area contributed by atoms with E-state index in [-0.39, 0.29) is 23.8 Å². The largest absolute Gasteiger partial charge is 0.390 e. The Morgan fingerprint density at radius 1 is 1.39 bits per heavy atom. The van der Waals surface area contributed by atoms with Crippen molar-refractivity contribution in [2.75, 3.05) is 0 Å². The van der Waals surface area contributed by atoms with Crippen LogP contribution in [0.3, 0.4) is 0 Å². The van der Waals surface area contributed by atoms with Crippen molar-refractivity contribution in [2.45, 2.75) is 51.2 Å². The smallest absolute Gasteiger partial charge is 0.226 e. The van der Waals surface area contributed by atoms with Crippen molar-refractivity contribution in [3.05, 3.63) is 51.5 Å². The molecule has 0 radical (unpaired) electrons. The monoisotopic (exact) mass is 330 g/mol. The van der Waals surface area contributed by atoms with Crippen molar-refractivity contribution in [2.24, 2.45) is 0 Å². The fraction of sp³-hybridized carbons (Fsp3) is 0.444. The molecule has 0 spiro atoms. The third-order valence-electron chi connectivity index (χ3n) is 4.06. The molecule has 0 saturated carbocycles. The highest BCUT2D eigenvalue weighted by Gasteiger charge is 2.32. The van der Waals surface area contributed by atoms with Gasteiger partial charge < -0.3 is 10.4 Å². The number of thiazole rings is 1. The number of fused-ring (bicyclic) bond motifs is 1. The Kier molecular flexibility index (Phi) is 4.25. The van der Waals surface area contributed by atoms with Crippen LogP contribution in [-0.4, -0.2) is 22.1 Å². The van der Waals surface area contributed by atoms with E-state index in [0.29, 0.717) is 6.42 Å². The van der Waals surface area contributed by atoms with Crippen LogP contribution in [0.15, 0.2) is 29.6 Å². The zero-order valence-corrected chi connectivity index (χ0v) is 14.5. The quantitative estimate of drug-likeness (QED) is 0.910. The van der Waals surface area contributed by atoms with Crippen molar-refractivity contribution in [1.82, 2.24) is 10.3 Å². The van der Waals surface area contributed by atoms with E-state index in [1.807, 2.05) is 29.6 Å². The van der Waals surface area contributed by atoms with Crippen LogP contribution in [0.1, 0.15) is 48.6 Å². The summed E-state index contributed by atoms with van der Waals surface area (Å²) in [6.45, 7) is 6.34. The number of hydrogen-bond acceptors (Lipinski definition) is 4. The van der Waals surface area contributed by atoms with Crippen molar-refractivity contribution < 1.29 is 9.90 Å². The molecule has 0 saturated heterocycles. The molecule has 0 fully saturated rings. The first-order chi connectivity index (χ1) is 10.8. The summed E-state index contributed by atoms with van der Waals surface area (Å²) in [7, 11) is 0. The summed E-state index contributed by atoms with van der Waals surface area (Å²) in [4.78, 5) is 16.9. The van der Waals surface area contributed by atoms with Crippen molar-refractivity contribution in [3.8, 4) is 0 Å². The maximum atomic E-state index is 12.3. The third kappa shape index (κ3) is 3.46. The number of amides is 1. The van der Waals surface area contributed by atoms with Crippen LogP contribution in [0.4, 0.5) is 0 Å². The summed E-state index contributed by atoms with van der Waals surface area (Å²) in [5, 5.41) is 16.1. The molecule has 0 bridgehead atoms. The zero-order valence-electron chi connectivity index (χ0n) is 13.7. The van der Waals surface area contributed by atoms with Crippen LogP contribution < -0.4 is 5.32 Å². The third-order valence-corrected chi connectivity index (χ3v) is 5.37. The van der Waals surface area contributed by atoms with Crippen molar-refractivity contribution in [3.63, 3.8) is 0 Å². The lowest BCUT2D eigenvalue weighted by molar-refractivity contribution is -0.122. The Morgan fingerprint density at radius 3 is 2.83 bits per heavy atom. The molecule has 2 atom stereocenters. The minimum absolute atomic E-state index is 0.0000204. The van der Waals surface area contributed by atoms with Gasteiger partial charge in [0.2, 0.25) is 5.91 Å². The maximum absolute atomic E-state index is 12.3. The van der Waals surface area contributed by atoms with E-state index in [0.717, 1.165) is 21.8 Å². The van der Waals surface area contributed by atoms with Gasteiger partial charge in [0.15, 0.2) is 0 Å². The number of aliphatic hydroxyl groups is 1. The summed E-state index contributed by atoms with van der Waals surface area (Å²) in [6.07, 6.45) is 0.279. The summed E-state index contributed by atoms with van der Waals surface area (Å²) in [5.74, 6) is -0.100. The highest BCUT2D eigenvalue weighted by Crippen LogP contribution is 2.31. The van der Waals surface area contributed by atoms with Crippen LogP contribution in [0.25, 0.3) is 0 Å². The van der Waals surface area contributed by atoms with Gasteiger partial charge in [0, 0.05) is 17.2 Å². The van der Waals surface area contributed by atoms with E-state index in [1.165, 1.54) is 0 Å². The topological polar surface area (TPSA) is 62.2 Å². The Labute approximate surface area is 140 Å². The second-order valence-corrected chi connectivity index (χ2v) is 7.94. The molecule has 1 amide bonds. The predicted molar refractivity (Wildman–Crippen MR) is 91.6 cm³/mol. The van der Waals surface area contributed by atoms with Gasteiger partial charge in [-0.2, -0.15) is 0 Å². The lowest BCUT2D eigenvalue weighted by Gasteiger charge is -2.17. The van der Waals surface area contributed by atoms with Crippen LogP contribution in [-0.2, 0) is 23.1 Å². The Morgan fingerprint density at radius 2 is 2.13 bits per heavy atom. The van der Waals surface area contributed by atoms with E-state index in [1.54, 1.807) is 11.3 Å². The van der Waals surface area contributed by atoms with Gasteiger partial charge >= 0.3 is 0 Å². The Balaban J connectivity index is 1.67. The molecule has 5 heteroatoms. The average molecular weight is 330 g/mol. The second-order valence-electron chi connectivity index (χ2n) is 7.09. The number of aromatic nitrogens is 1. The molecular weight excluding hydrogens is 308 g/mol. The molecule has 4 nitrogen and oxygen atoms in total. The zero-order chi connectivity index (χ0) is 16.6. The minimum Gasteiger partial charge on any atom is -0.390 e. The summed E-state index contributed by atoms with van der Waals surface area (Å²) in [5.41, 5.74) is 2.91. The predicted octanol–water partition coefficient (Wildman–Crippen LogP) is 2.76. The lowest BCUT2D eigenvalue weighted by atomic mass is 9.98. The molecule has 122 valence electrons. The summed E-state index contributed by atoms with van der Waals surface area (Å²) >= 11 is 1.59. The van der Waals surface area contributed by atoms with Gasteiger partial charge in [-0.1, -0.05) is 45.0 Å². The van der Waals surface area contributed by atoms with Gasteiger partial charge in [-0.15, -0.1) is 11.3 Å². The molecule has 23 heavy (non-hydrogen) atoms. The first-order valence-corrected chi connectivity index (χ1v) is 8.72. The van der Waals surface area contributed by atoms with E-state index >= 15 is 0 Å². The molecule has 2 unspecified atom stereocenters. The molecule has 2 aromatic rings. The molecule has 1 aliphatic rings. The van der Waals surface area contributed by atoms with Gasteiger partial charge in [-0.25, -0.2) is 4.98 Å². The number of hydrogen-bond donors (Lipinski definition) is 2. The van der Waals surface area contributed by atoms with E-state index in [9.17, 15) is 9.90 Å². The van der Waals surface area contributed by atoms with Crippen LogP contribution in [0.2, 0.25) is 0 Å². The van der Waals surface area contributed by atoms with Crippen LogP contribution >= 0.6 is 11.3 Å². The number of carbonyl (C=O) groups excluding carboxylic acids is 1. The van der Waals surface area contributed by atoms with Gasteiger partial charge in [-0.05, 0) is 11.1 Å². The number of aliphatic hydroxyl groups excluding tert-OH is 1. The molecule has 1 aliphatic carbocycles. The Hall–Kier alpha value is -1.72. The molecule has 2 N–H and O–H groups in total. The van der Waals surface area contributed by atoms with Gasteiger partial charge in [0.25, 0.3) is 0 Å². The highest BCUT2D eigenvalue weighted by atomic mass is 32.1. The van der Waals surface area contributed by atoms with Gasteiger partial charge in [0.1, 0.15) is 0 Å². The molecule has 1 aromatic carbocycles. The minimum atomic E-state index is -0.558. The molecule has 1 aromatic heterocycles. The fourth-order valence-corrected chi connectivity index (χ4v) is 3.78. The SMILES string of the molecule is CC(C)(C)c1nc(CC(=O)NC2c3ccccc3CC2O)cs1. The van der Waals surface area contributed by atoms with Crippen LogP contribution in [0.5, 0.6) is 0 Å². The highest BCUT2D eigenvalue weighted by molar-refractivity contribution is 7.09. The molecular formula is C18H22N2O2S. The Bertz CT molecular complexity index is 718. The van der Waals surface area contributed by atoms with Crippen LogP contribution in [0, 0.1) is 0 Å². The first kappa shape index (κ1) is 16.1. The molecule has 1 heterocycles. The first-order valence-electron chi connectivity index (χ1n) is 7.84. The number of nitrogens with one attached hydrogen (secondary N) is 1. The van der Waals surface area contributed by atoms with E-state index < -0.39 is 6.10 Å². The normalized spacial score (nSPS) is 20.3. The average Bonchev–Trinajstić information content (AvgIpc) is 3.04. The van der Waals surface area contributed by atoms with Crippen molar-refractivity contribution in [1.29, 1.82) is 0 Å². The van der Waals surface area contributed by atoms with Gasteiger partial charge in [-0.3, -0.25) is 4.79 Å². The lowest BCUT2D eigenvalue weighted by Crippen LogP contribution is -2.34. The number of rotatable bonds is 3. The van der Waals surface area contributed by atoms with Crippen molar-refractivity contribution >= 4 is 17.2 Å². The number of carbonyl (C=O) groups is 1. The fourth-order valence-electron chi connectivity index (χ4n) is 2.87. The summed E-state index contributed by atoms with van der Waals surface area (Å²) in [6, 6.07) is 7.54. The number of benzene rings is 1.